The van der Waals surface area contributed by atoms with E-state index in [4.69, 9.17) is 5.14 Å². The Kier molecular flexibility index (Phi) is 4.31. The lowest BCUT2D eigenvalue weighted by Gasteiger charge is -2.02. The second-order valence-corrected chi connectivity index (χ2v) is 3.56. The van der Waals surface area contributed by atoms with E-state index in [1.165, 1.54) is 17.5 Å². The molecule has 0 saturated carbocycles. The number of hydrogen-bond acceptors (Lipinski definition) is 2. The van der Waals surface area contributed by atoms with E-state index < -0.39 is 0 Å². The van der Waals surface area contributed by atoms with Crippen molar-refractivity contribution < 1.29 is 0 Å². The van der Waals surface area contributed by atoms with Gasteiger partial charge in [0.25, 0.3) is 0 Å². The molecule has 0 aliphatic heterocycles. The smallest absolute Gasteiger partial charge is 0.0381 e. The Bertz CT molecular complexity index is 379. The van der Waals surface area contributed by atoms with Gasteiger partial charge in [-0.1, -0.05) is 35.7 Å². The molecule has 0 amide bonds. The van der Waals surface area contributed by atoms with Gasteiger partial charge in [0.2, 0.25) is 0 Å². The lowest BCUT2D eigenvalue weighted by atomic mass is 10.1. The first-order valence-corrected chi connectivity index (χ1v) is 5.22. The van der Waals surface area contributed by atoms with E-state index in [9.17, 15) is 0 Å². The number of aryl methyl sites for hydroxylation is 1. The van der Waals surface area contributed by atoms with Crippen LogP contribution in [0.15, 0.2) is 30.3 Å². The fourth-order valence-corrected chi connectivity index (χ4v) is 1.44. The van der Waals surface area contributed by atoms with E-state index in [0.717, 1.165) is 10.5 Å². The van der Waals surface area contributed by atoms with Crippen LogP contribution in [0.2, 0.25) is 0 Å². The molecule has 0 saturated heterocycles. The first-order valence-electron chi connectivity index (χ1n) is 4.34. The molecule has 72 valence electrons. The fraction of sp³-hybridized carbons (Fsp3) is 0.167. The summed E-state index contributed by atoms with van der Waals surface area (Å²) in [6, 6.07) is 8.24. The second kappa shape index (κ2) is 5.54. The van der Waals surface area contributed by atoms with Gasteiger partial charge in [-0.25, -0.2) is 0 Å². The van der Waals surface area contributed by atoms with Crippen molar-refractivity contribution in [2.45, 2.75) is 13.8 Å². The van der Waals surface area contributed by atoms with Crippen molar-refractivity contribution in [3.63, 3.8) is 0 Å². The number of rotatable bonds is 2. The summed E-state index contributed by atoms with van der Waals surface area (Å²) in [7, 11) is 0. The summed E-state index contributed by atoms with van der Waals surface area (Å²) < 4.78 is 0. The van der Waals surface area contributed by atoms with Crippen molar-refractivity contribution in [1.82, 2.24) is 0 Å². The summed E-state index contributed by atoms with van der Waals surface area (Å²) in [5.74, 6) is 5.72. The second-order valence-electron chi connectivity index (χ2n) is 2.89. The normalized spacial score (nSPS) is 10.6. The Balaban J connectivity index is 2.99. The van der Waals surface area contributed by atoms with Crippen LogP contribution in [0.25, 0.3) is 4.91 Å². The zero-order chi connectivity index (χ0) is 10.4. The molecular formula is C12H13NS. The maximum atomic E-state index is 5.56. The molecule has 0 heterocycles. The largest absolute Gasteiger partial charge is 0.274 e. The lowest BCUT2D eigenvalue weighted by Crippen LogP contribution is -1.85. The number of hydrogen-bond donors (Lipinski definition) is 1. The highest BCUT2D eigenvalue weighted by Crippen LogP contribution is 2.22. The minimum atomic E-state index is 0.999. The Labute approximate surface area is 89.5 Å². The molecule has 1 aromatic carbocycles. The topological polar surface area (TPSA) is 26.0 Å². The first-order chi connectivity index (χ1) is 6.77. The van der Waals surface area contributed by atoms with Gasteiger partial charge in [-0.15, -0.1) is 5.92 Å². The monoisotopic (exact) mass is 203 g/mol. The number of nitrogens with two attached hydrogens (primary N) is 1. The predicted molar refractivity (Wildman–Crippen MR) is 64.4 cm³/mol. The van der Waals surface area contributed by atoms with Crippen molar-refractivity contribution in [1.29, 1.82) is 0 Å². The summed E-state index contributed by atoms with van der Waals surface area (Å²) >= 11 is 1.23. The molecule has 2 heteroatoms. The van der Waals surface area contributed by atoms with E-state index >= 15 is 0 Å². The first kappa shape index (κ1) is 10.9. The Morgan fingerprint density at radius 3 is 2.50 bits per heavy atom. The molecule has 0 spiro atoms. The average Bonchev–Trinajstić information content (AvgIpc) is 2.21. The van der Waals surface area contributed by atoms with Gasteiger partial charge in [-0.2, -0.15) is 0 Å². The quantitative estimate of drug-likeness (QED) is 0.590. The van der Waals surface area contributed by atoms with Crippen LogP contribution in [0.5, 0.6) is 0 Å². The van der Waals surface area contributed by atoms with Gasteiger partial charge >= 0.3 is 0 Å². The van der Waals surface area contributed by atoms with Crippen LogP contribution in [0.3, 0.4) is 0 Å². The van der Waals surface area contributed by atoms with Gasteiger partial charge in [0.05, 0.1) is 0 Å². The van der Waals surface area contributed by atoms with Crippen LogP contribution in [0, 0.1) is 18.8 Å². The maximum Gasteiger partial charge on any atom is 0.0381 e. The molecule has 1 rings (SSSR count). The third-order valence-electron chi connectivity index (χ3n) is 1.81. The van der Waals surface area contributed by atoms with Crippen molar-refractivity contribution in [2.24, 2.45) is 5.14 Å². The van der Waals surface area contributed by atoms with E-state index in [2.05, 4.69) is 43.0 Å². The Morgan fingerprint density at radius 2 is 2.00 bits per heavy atom. The van der Waals surface area contributed by atoms with Gasteiger partial charge in [-0.3, -0.25) is 5.14 Å². The Morgan fingerprint density at radius 1 is 1.36 bits per heavy atom. The minimum Gasteiger partial charge on any atom is -0.274 e. The molecule has 1 aromatic rings. The van der Waals surface area contributed by atoms with E-state index in [-0.39, 0.29) is 0 Å². The van der Waals surface area contributed by atoms with Crippen LogP contribution in [0.4, 0.5) is 0 Å². The highest BCUT2D eigenvalue weighted by molar-refractivity contribution is 8.06. The Hall–Kier alpha value is -1.17. The zero-order valence-corrected chi connectivity index (χ0v) is 9.19. The van der Waals surface area contributed by atoms with Crippen LogP contribution >= 0.6 is 11.9 Å². The molecule has 0 bridgehead atoms. The molecule has 0 aliphatic carbocycles. The molecule has 0 atom stereocenters. The molecule has 0 unspecified atom stereocenters. The van der Waals surface area contributed by atoms with Crippen molar-refractivity contribution in [3.8, 4) is 11.8 Å². The zero-order valence-electron chi connectivity index (χ0n) is 8.37. The summed E-state index contributed by atoms with van der Waals surface area (Å²) in [4.78, 5) is 0.999. The fourth-order valence-electron chi connectivity index (χ4n) is 1.04. The summed E-state index contributed by atoms with van der Waals surface area (Å²) in [6.07, 6.45) is 1.84. The molecule has 0 aromatic heterocycles. The highest BCUT2D eigenvalue weighted by Gasteiger charge is 1.98. The molecule has 0 radical (unpaired) electrons. The molecule has 14 heavy (non-hydrogen) atoms. The molecule has 2 N–H and O–H groups in total. The summed E-state index contributed by atoms with van der Waals surface area (Å²) in [5, 5.41) is 5.56. The maximum absolute atomic E-state index is 5.56. The van der Waals surface area contributed by atoms with Crippen molar-refractivity contribution in [2.75, 3.05) is 0 Å². The number of allylic oxidation sites excluding steroid dienone is 1. The summed E-state index contributed by atoms with van der Waals surface area (Å²) in [6.45, 7) is 3.87. The van der Waals surface area contributed by atoms with Gasteiger partial charge < -0.3 is 0 Å². The van der Waals surface area contributed by atoms with Crippen LogP contribution in [-0.2, 0) is 0 Å². The average molecular weight is 203 g/mol. The third kappa shape index (κ3) is 2.95. The highest BCUT2D eigenvalue weighted by atomic mass is 32.2. The van der Waals surface area contributed by atoms with E-state index in [1.54, 1.807) is 0 Å². The van der Waals surface area contributed by atoms with Crippen LogP contribution in [0.1, 0.15) is 18.1 Å². The van der Waals surface area contributed by atoms with Gasteiger partial charge in [0, 0.05) is 11.0 Å². The molecule has 0 aliphatic rings. The van der Waals surface area contributed by atoms with Crippen molar-refractivity contribution >= 4 is 16.9 Å². The van der Waals surface area contributed by atoms with Crippen LogP contribution in [-0.4, -0.2) is 0 Å². The van der Waals surface area contributed by atoms with E-state index in [1.807, 2.05) is 13.0 Å². The van der Waals surface area contributed by atoms with Gasteiger partial charge in [-0.05, 0) is 31.4 Å². The molecule has 1 nitrogen and oxygen atoms in total. The van der Waals surface area contributed by atoms with E-state index in [0.29, 0.717) is 0 Å². The third-order valence-corrected chi connectivity index (χ3v) is 2.42. The summed E-state index contributed by atoms with van der Waals surface area (Å²) in [5.41, 5.74) is 2.36. The lowest BCUT2D eigenvalue weighted by molar-refractivity contribution is 1.46. The molecule has 0 fully saturated rings. The van der Waals surface area contributed by atoms with Crippen LogP contribution < -0.4 is 5.14 Å². The molecular weight excluding hydrogens is 190 g/mol. The standard InChI is InChI=1S/C12H13NS/c1-3-4-5-12(14-13)11-8-6-10(2)7-9-11/h5-9H,13H2,1-2H3/b12-5+. The van der Waals surface area contributed by atoms with Gasteiger partial charge in [0.1, 0.15) is 0 Å². The number of benzene rings is 1. The van der Waals surface area contributed by atoms with Gasteiger partial charge in [0.15, 0.2) is 0 Å². The SMILES string of the molecule is CC#C/C=C(/SN)c1ccc(C)cc1. The minimum absolute atomic E-state index is 0.999. The van der Waals surface area contributed by atoms with Crippen molar-refractivity contribution in [3.05, 3.63) is 41.5 Å². The predicted octanol–water partition coefficient (Wildman–Crippen LogP) is 2.97.